The van der Waals surface area contributed by atoms with E-state index in [4.69, 9.17) is 4.74 Å². The van der Waals surface area contributed by atoms with Gasteiger partial charge in [0.2, 0.25) is 0 Å². The van der Waals surface area contributed by atoms with Crippen LogP contribution in [0, 0.1) is 0 Å². The van der Waals surface area contributed by atoms with Crippen molar-refractivity contribution < 1.29 is 49.0 Å². The molecule has 0 saturated carbocycles. The smallest absolute Gasteiger partial charge is 0.543 e. The average molecular weight is 327 g/mol. The van der Waals surface area contributed by atoms with Crippen molar-refractivity contribution in [2.75, 3.05) is 6.61 Å². The number of carbonyl (C=O) groups excluding carboxylic acids is 2. The normalized spacial score (nSPS) is 24.3. The van der Waals surface area contributed by atoms with Gasteiger partial charge in [0.1, 0.15) is 17.8 Å². The SMILES string of the molecule is O=C([O-])C1=CSC2/C(=C/c3cn4c(n3)COCC4)C(=O)N12.[Na+]. The predicted octanol–water partition coefficient (Wildman–Crippen LogP) is -3.69. The molecule has 0 radical (unpaired) electrons. The summed E-state index contributed by atoms with van der Waals surface area (Å²) in [6.45, 7) is 1.88. The van der Waals surface area contributed by atoms with Crippen molar-refractivity contribution in [1.29, 1.82) is 0 Å². The molecule has 3 aliphatic rings. The van der Waals surface area contributed by atoms with Gasteiger partial charge in [-0.1, -0.05) is 0 Å². The van der Waals surface area contributed by atoms with Gasteiger partial charge in [0, 0.05) is 12.7 Å². The number of hydrogen-bond donors (Lipinski definition) is 0. The number of rotatable bonds is 2. The van der Waals surface area contributed by atoms with Crippen molar-refractivity contribution in [3.63, 3.8) is 0 Å². The Morgan fingerprint density at radius 2 is 2.36 bits per heavy atom. The molecule has 0 spiro atoms. The van der Waals surface area contributed by atoms with Crippen molar-refractivity contribution >= 4 is 29.7 Å². The molecule has 1 unspecified atom stereocenters. The zero-order valence-electron chi connectivity index (χ0n) is 11.8. The molecule has 1 aromatic rings. The average Bonchev–Trinajstić information content (AvgIpc) is 3.05. The first-order valence-corrected chi connectivity index (χ1v) is 7.35. The van der Waals surface area contributed by atoms with Gasteiger partial charge in [-0.25, -0.2) is 4.98 Å². The molecule has 1 aromatic heterocycles. The summed E-state index contributed by atoms with van der Waals surface area (Å²) in [6, 6.07) is 0. The van der Waals surface area contributed by atoms with E-state index in [2.05, 4.69) is 4.98 Å². The first kappa shape index (κ1) is 15.8. The van der Waals surface area contributed by atoms with Gasteiger partial charge in [-0.05, 0) is 11.5 Å². The molecule has 9 heteroatoms. The number of aromatic nitrogens is 2. The van der Waals surface area contributed by atoms with Crippen LogP contribution >= 0.6 is 11.8 Å². The summed E-state index contributed by atoms with van der Waals surface area (Å²) >= 11 is 1.29. The largest absolute Gasteiger partial charge is 1.00 e. The van der Waals surface area contributed by atoms with Gasteiger partial charge >= 0.3 is 29.6 Å². The third-order valence-electron chi connectivity index (χ3n) is 3.63. The Hall–Kier alpha value is -1.06. The van der Waals surface area contributed by atoms with Crippen molar-refractivity contribution in [1.82, 2.24) is 14.5 Å². The fraction of sp³-hybridized carbons (Fsp3) is 0.308. The maximum atomic E-state index is 12.1. The quantitative estimate of drug-likeness (QED) is 0.316. The van der Waals surface area contributed by atoms with Crippen LogP contribution in [0.3, 0.4) is 0 Å². The number of ether oxygens (including phenoxy) is 1. The molecule has 1 atom stereocenters. The fourth-order valence-electron chi connectivity index (χ4n) is 2.60. The van der Waals surface area contributed by atoms with Crippen LogP contribution in [0.2, 0.25) is 0 Å². The molecular weight excluding hydrogens is 317 g/mol. The zero-order chi connectivity index (χ0) is 14.6. The number of β-lactam (4-membered cyclic amide) rings is 1. The van der Waals surface area contributed by atoms with Crippen molar-refractivity contribution in [3.8, 4) is 0 Å². The van der Waals surface area contributed by atoms with Gasteiger partial charge in [0.25, 0.3) is 5.91 Å². The van der Waals surface area contributed by atoms with Gasteiger partial charge in [-0.15, -0.1) is 11.8 Å². The number of carboxylic acids is 1. The van der Waals surface area contributed by atoms with Gasteiger partial charge in [0.15, 0.2) is 0 Å². The molecule has 0 aliphatic carbocycles. The number of carbonyl (C=O) groups is 2. The fourth-order valence-corrected chi connectivity index (χ4v) is 3.71. The van der Waals surface area contributed by atoms with Crippen LogP contribution in [0.5, 0.6) is 0 Å². The molecule has 1 saturated heterocycles. The number of carboxylic acid groups (broad SMARTS) is 1. The van der Waals surface area contributed by atoms with Gasteiger partial charge in [-0.3, -0.25) is 9.69 Å². The summed E-state index contributed by atoms with van der Waals surface area (Å²) in [5.41, 5.74) is 1.19. The second kappa shape index (κ2) is 5.86. The number of imidazole rings is 1. The third kappa shape index (κ3) is 2.35. The minimum atomic E-state index is -1.33. The van der Waals surface area contributed by atoms with E-state index in [1.54, 1.807) is 6.08 Å². The number of aliphatic carboxylic acids is 1. The van der Waals surface area contributed by atoms with Gasteiger partial charge in [-0.2, -0.15) is 0 Å². The van der Waals surface area contributed by atoms with Crippen LogP contribution in [-0.2, 0) is 27.5 Å². The molecule has 0 aromatic carbocycles. The van der Waals surface area contributed by atoms with Crippen molar-refractivity contribution in [3.05, 3.63) is 34.4 Å². The Kier molecular flexibility index (Phi) is 4.21. The van der Waals surface area contributed by atoms with E-state index in [1.807, 2.05) is 10.8 Å². The van der Waals surface area contributed by atoms with E-state index in [1.165, 1.54) is 22.1 Å². The van der Waals surface area contributed by atoms with Gasteiger partial charge < -0.3 is 19.2 Å². The number of fused-ring (bicyclic) bond motifs is 2. The van der Waals surface area contributed by atoms with Crippen LogP contribution in [0.4, 0.5) is 0 Å². The van der Waals surface area contributed by atoms with E-state index < -0.39 is 5.97 Å². The number of thioether (sulfide) groups is 1. The number of hydrogen-bond acceptors (Lipinski definition) is 6. The zero-order valence-corrected chi connectivity index (χ0v) is 14.6. The summed E-state index contributed by atoms with van der Waals surface area (Å²) in [5.74, 6) is -0.793. The van der Waals surface area contributed by atoms with Crippen LogP contribution in [0.25, 0.3) is 6.08 Å². The van der Waals surface area contributed by atoms with E-state index in [9.17, 15) is 14.7 Å². The Bertz CT molecular complexity index is 703. The molecule has 0 N–H and O–H groups in total. The monoisotopic (exact) mass is 327 g/mol. The molecule has 22 heavy (non-hydrogen) atoms. The van der Waals surface area contributed by atoms with Crippen LogP contribution < -0.4 is 34.7 Å². The van der Waals surface area contributed by atoms with Crippen LogP contribution in [0.1, 0.15) is 11.5 Å². The third-order valence-corrected chi connectivity index (χ3v) is 4.71. The summed E-state index contributed by atoms with van der Waals surface area (Å²) in [4.78, 5) is 28.6. The molecule has 3 aliphatic heterocycles. The number of amides is 1. The Labute approximate surface area is 152 Å². The molecule has 0 bridgehead atoms. The first-order chi connectivity index (χ1) is 10.1. The Morgan fingerprint density at radius 1 is 1.55 bits per heavy atom. The maximum absolute atomic E-state index is 12.1. The Morgan fingerprint density at radius 3 is 3.09 bits per heavy atom. The second-order valence-electron chi connectivity index (χ2n) is 4.88. The topological polar surface area (TPSA) is 87.5 Å². The molecule has 7 nitrogen and oxygen atoms in total. The van der Waals surface area contributed by atoms with Crippen molar-refractivity contribution in [2.45, 2.75) is 18.5 Å². The first-order valence-electron chi connectivity index (χ1n) is 6.41. The van der Waals surface area contributed by atoms with E-state index in [-0.39, 0.29) is 46.5 Å². The molecule has 108 valence electrons. The Balaban J connectivity index is 0.00000144. The standard InChI is InChI=1S/C13H11N3O4S.Na/c17-11-8(12-16(11)9(6-21-12)13(18)19)3-7-4-15-1-2-20-5-10(15)14-7;/h3-4,6,12H,1-2,5H2,(H,18,19);/q;+1/p-1/b8-3+;. The number of nitrogens with zero attached hydrogens (tertiary/aromatic N) is 3. The van der Waals surface area contributed by atoms with E-state index >= 15 is 0 Å². The molecular formula is C13H10N3NaO4S. The summed E-state index contributed by atoms with van der Waals surface area (Å²) < 4.78 is 7.33. The van der Waals surface area contributed by atoms with Crippen LogP contribution in [0.15, 0.2) is 22.9 Å². The minimum absolute atomic E-state index is 0. The molecule has 1 amide bonds. The van der Waals surface area contributed by atoms with Crippen LogP contribution in [-0.4, -0.2) is 38.3 Å². The summed E-state index contributed by atoms with van der Waals surface area (Å²) in [6.07, 6.45) is 3.60. The maximum Gasteiger partial charge on any atom is 1.00 e. The van der Waals surface area contributed by atoms with E-state index in [0.717, 1.165) is 12.4 Å². The molecule has 1 fully saturated rings. The van der Waals surface area contributed by atoms with E-state index in [0.29, 0.717) is 24.5 Å². The summed E-state index contributed by atoms with van der Waals surface area (Å²) in [7, 11) is 0. The van der Waals surface area contributed by atoms with Gasteiger partial charge in [0.05, 0.1) is 29.5 Å². The second-order valence-corrected chi connectivity index (χ2v) is 5.84. The molecule has 4 heterocycles. The predicted molar refractivity (Wildman–Crippen MR) is 71.2 cm³/mol. The minimum Gasteiger partial charge on any atom is -0.543 e. The summed E-state index contributed by atoms with van der Waals surface area (Å²) in [5, 5.41) is 12.1. The van der Waals surface area contributed by atoms with Crippen molar-refractivity contribution in [2.24, 2.45) is 0 Å². The molecule has 4 rings (SSSR count).